The highest BCUT2D eigenvalue weighted by atomic mass is 35.5. The van der Waals surface area contributed by atoms with Gasteiger partial charge in [-0.1, -0.05) is 30.2 Å². The first-order chi connectivity index (χ1) is 5.11. The Hall–Kier alpha value is -0.425. The van der Waals surface area contributed by atoms with Gasteiger partial charge in [-0.2, -0.15) is 0 Å². The summed E-state index contributed by atoms with van der Waals surface area (Å²) in [6, 6.07) is 6.06. The molecule has 0 saturated carbocycles. The van der Waals surface area contributed by atoms with E-state index in [0.29, 0.717) is 5.82 Å². The van der Waals surface area contributed by atoms with Crippen LogP contribution in [-0.2, 0) is 0 Å². The molecule has 0 heterocycles. The Balaban J connectivity index is 3.09. The summed E-state index contributed by atoms with van der Waals surface area (Å²) in [6.07, 6.45) is 0. The van der Waals surface area contributed by atoms with E-state index in [2.05, 4.69) is 27.8 Å². The van der Waals surface area contributed by atoms with Crippen molar-refractivity contribution in [1.29, 1.82) is 0 Å². The molecule has 0 aliphatic carbocycles. The zero-order valence-corrected chi connectivity index (χ0v) is 7.94. The van der Waals surface area contributed by atoms with Crippen LogP contribution in [-0.4, -0.2) is 7.85 Å². The van der Waals surface area contributed by atoms with Gasteiger partial charge in [0.25, 0.3) is 0 Å². The summed E-state index contributed by atoms with van der Waals surface area (Å²) in [7, 11) is 2.19. The van der Waals surface area contributed by atoms with E-state index < -0.39 is 0 Å². The van der Waals surface area contributed by atoms with Crippen LogP contribution in [0.4, 0.5) is 0 Å². The minimum Gasteiger partial charge on any atom is -0.0843 e. The lowest BCUT2D eigenvalue weighted by Crippen LogP contribution is -1.94. The molecule has 0 fully saturated rings. The van der Waals surface area contributed by atoms with Gasteiger partial charge < -0.3 is 0 Å². The molecular weight excluding hydrogens is 154 g/mol. The largest absolute Gasteiger partial charge is 0.110 e. The van der Waals surface area contributed by atoms with E-state index >= 15 is 0 Å². The van der Waals surface area contributed by atoms with Crippen LogP contribution in [0.5, 0.6) is 0 Å². The Morgan fingerprint density at radius 3 is 2.55 bits per heavy atom. The first-order valence-corrected chi connectivity index (χ1v) is 4.25. The van der Waals surface area contributed by atoms with Gasteiger partial charge in [0, 0.05) is 5.02 Å². The second-order valence-corrected chi connectivity index (χ2v) is 3.59. The molecule has 2 heteroatoms. The molecule has 1 rings (SSSR count). The third-order valence-corrected chi connectivity index (χ3v) is 2.09. The average Bonchev–Trinajstić information content (AvgIpc) is 1.85. The fourth-order valence-electron chi connectivity index (χ4n) is 1.29. The number of aryl methyl sites for hydroxylation is 1. The fourth-order valence-corrected chi connectivity index (χ4v) is 1.51. The Bertz CT molecular complexity index is 256. The highest BCUT2D eigenvalue weighted by Crippen LogP contribution is 2.20. The van der Waals surface area contributed by atoms with E-state index in [1.807, 2.05) is 12.1 Å². The van der Waals surface area contributed by atoms with Crippen molar-refractivity contribution >= 4 is 19.4 Å². The number of rotatable bonds is 1. The van der Waals surface area contributed by atoms with Gasteiger partial charge in [-0.25, -0.2) is 0 Å². The van der Waals surface area contributed by atoms with Crippen LogP contribution < -0.4 is 0 Å². The molecule has 0 saturated heterocycles. The Kier molecular flexibility index (Phi) is 2.61. The standard InChI is InChI=1S/C9H12BCl/c1-6-5-8(11)3-4-9(6)7(2)10/h3-5,7H,10H2,1-2H3. The molecule has 11 heavy (non-hydrogen) atoms. The fraction of sp³-hybridized carbons (Fsp3) is 0.333. The molecule has 0 amide bonds. The second-order valence-electron chi connectivity index (χ2n) is 3.16. The van der Waals surface area contributed by atoms with Crippen molar-refractivity contribution in [2.75, 3.05) is 0 Å². The van der Waals surface area contributed by atoms with Crippen LogP contribution in [0.25, 0.3) is 0 Å². The van der Waals surface area contributed by atoms with Crippen LogP contribution in [0.15, 0.2) is 18.2 Å². The monoisotopic (exact) mass is 166 g/mol. The van der Waals surface area contributed by atoms with Gasteiger partial charge in [0.05, 0.1) is 0 Å². The number of halogens is 1. The summed E-state index contributed by atoms with van der Waals surface area (Å²) >= 11 is 5.82. The van der Waals surface area contributed by atoms with Gasteiger partial charge in [0.1, 0.15) is 7.85 Å². The van der Waals surface area contributed by atoms with E-state index in [9.17, 15) is 0 Å². The Labute approximate surface area is 74.0 Å². The molecule has 1 aromatic carbocycles. The Morgan fingerprint density at radius 1 is 1.45 bits per heavy atom. The maximum Gasteiger partial charge on any atom is 0.110 e. The molecule has 1 unspecified atom stereocenters. The average molecular weight is 166 g/mol. The topological polar surface area (TPSA) is 0 Å². The molecular formula is C9H12BCl. The smallest absolute Gasteiger partial charge is 0.0843 e. The third-order valence-electron chi connectivity index (χ3n) is 1.85. The first kappa shape index (κ1) is 8.67. The summed E-state index contributed by atoms with van der Waals surface area (Å²) in [6.45, 7) is 4.29. The van der Waals surface area contributed by atoms with Crippen molar-refractivity contribution < 1.29 is 0 Å². The number of benzene rings is 1. The van der Waals surface area contributed by atoms with Gasteiger partial charge in [-0.15, -0.1) is 0 Å². The van der Waals surface area contributed by atoms with Crippen molar-refractivity contribution in [3.63, 3.8) is 0 Å². The molecule has 1 aromatic rings. The second kappa shape index (κ2) is 3.31. The zero-order valence-electron chi connectivity index (χ0n) is 7.19. The summed E-state index contributed by atoms with van der Waals surface area (Å²) in [5, 5.41) is 0.826. The first-order valence-electron chi connectivity index (χ1n) is 3.87. The van der Waals surface area contributed by atoms with E-state index in [0.717, 1.165) is 5.02 Å². The van der Waals surface area contributed by atoms with Crippen LogP contribution in [0.1, 0.15) is 23.9 Å². The molecule has 0 N–H and O–H groups in total. The predicted molar refractivity (Wildman–Crippen MR) is 53.1 cm³/mol. The van der Waals surface area contributed by atoms with Gasteiger partial charge in [-0.05, 0) is 30.4 Å². The number of hydrogen-bond acceptors (Lipinski definition) is 0. The van der Waals surface area contributed by atoms with E-state index in [1.54, 1.807) is 0 Å². The van der Waals surface area contributed by atoms with Crippen LogP contribution >= 0.6 is 11.6 Å². The quantitative estimate of drug-likeness (QED) is 0.562. The lowest BCUT2D eigenvalue weighted by molar-refractivity contribution is 1.06. The zero-order chi connectivity index (χ0) is 8.43. The highest BCUT2D eigenvalue weighted by Gasteiger charge is 2.02. The lowest BCUT2D eigenvalue weighted by Gasteiger charge is -2.08. The van der Waals surface area contributed by atoms with Gasteiger partial charge in [0.15, 0.2) is 0 Å². The summed E-state index contributed by atoms with van der Waals surface area (Å²) in [5.74, 6) is 0.590. The summed E-state index contributed by atoms with van der Waals surface area (Å²) < 4.78 is 0. The Morgan fingerprint density at radius 2 is 2.09 bits per heavy atom. The van der Waals surface area contributed by atoms with E-state index in [4.69, 9.17) is 11.6 Å². The van der Waals surface area contributed by atoms with Crippen LogP contribution in [0.2, 0.25) is 5.02 Å². The summed E-state index contributed by atoms with van der Waals surface area (Å²) in [5.41, 5.74) is 2.67. The van der Waals surface area contributed by atoms with Gasteiger partial charge in [0.2, 0.25) is 0 Å². The normalized spacial score (nSPS) is 13.0. The van der Waals surface area contributed by atoms with Crippen LogP contribution in [0.3, 0.4) is 0 Å². The van der Waals surface area contributed by atoms with Crippen molar-refractivity contribution in [1.82, 2.24) is 0 Å². The predicted octanol–water partition coefficient (Wildman–Crippen LogP) is 2.34. The van der Waals surface area contributed by atoms with Crippen molar-refractivity contribution in [3.05, 3.63) is 34.3 Å². The lowest BCUT2D eigenvalue weighted by atomic mass is 9.81. The molecule has 0 bridgehead atoms. The van der Waals surface area contributed by atoms with E-state index in [1.165, 1.54) is 11.1 Å². The van der Waals surface area contributed by atoms with Crippen molar-refractivity contribution in [3.8, 4) is 0 Å². The van der Waals surface area contributed by atoms with Gasteiger partial charge in [-0.3, -0.25) is 0 Å². The number of hydrogen-bond donors (Lipinski definition) is 0. The molecule has 0 radical (unpaired) electrons. The minimum atomic E-state index is 0.590. The molecule has 0 spiro atoms. The molecule has 0 nitrogen and oxygen atoms in total. The molecule has 0 aromatic heterocycles. The summed E-state index contributed by atoms with van der Waals surface area (Å²) in [4.78, 5) is 0. The van der Waals surface area contributed by atoms with Gasteiger partial charge >= 0.3 is 0 Å². The van der Waals surface area contributed by atoms with Crippen molar-refractivity contribution in [2.24, 2.45) is 0 Å². The maximum atomic E-state index is 5.82. The maximum absolute atomic E-state index is 5.82. The van der Waals surface area contributed by atoms with Crippen LogP contribution in [0, 0.1) is 6.92 Å². The molecule has 0 aliphatic rings. The van der Waals surface area contributed by atoms with Crippen molar-refractivity contribution in [2.45, 2.75) is 19.7 Å². The highest BCUT2D eigenvalue weighted by molar-refractivity contribution is 6.30. The van der Waals surface area contributed by atoms with E-state index in [-0.39, 0.29) is 0 Å². The molecule has 0 aliphatic heterocycles. The SMILES string of the molecule is BC(C)c1ccc(Cl)cc1C. The molecule has 58 valence electrons. The minimum absolute atomic E-state index is 0.590. The third kappa shape index (κ3) is 2.00. The molecule has 1 atom stereocenters.